The summed E-state index contributed by atoms with van der Waals surface area (Å²) in [6.45, 7) is 2.09. The van der Waals surface area contributed by atoms with Crippen LogP contribution in [0.3, 0.4) is 0 Å². The van der Waals surface area contributed by atoms with Crippen molar-refractivity contribution in [3.05, 3.63) is 18.2 Å². The Kier molecular flexibility index (Phi) is 5.34. The lowest BCUT2D eigenvalue weighted by Crippen LogP contribution is -2.22. The molecule has 0 saturated heterocycles. The quantitative estimate of drug-likeness (QED) is 0.785. The molecule has 0 spiro atoms. The number of hydrogen-bond acceptors (Lipinski definition) is 5. The second kappa shape index (κ2) is 6.33. The Morgan fingerprint density at radius 3 is 2.61 bits per heavy atom. The summed E-state index contributed by atoms with van der Waals surface area (Å²) < 4.78 is 23.2. The van der Waals surface area contributed by atoms with Crippen LogP contribution in [0.25, 0.3) is 0 Å². The molecule has 0 aromatic heterocycles. The van der Waals surface area contributed by atoms with Crippen molar-refractivity contribution in [3.63, 3.8) is 0 Å². The predicted octanol–water partition coefficient (Wildman–Crippen LogP) is 2.23. The number of nitrogen functional groups attached to an aromatic ring is 1. The zero-order valence-corrected chi connectivity index (χ0v) is 12.6. The fourth-order valence-corrected chi connectivity index (χ4v) is 3.23. The van der Waals surface area contributed by atoms with E-state index in [1.807, 2.05) is 12.3 Å². The Labute approximate surface area is 113 Å². The Morgan fingerprint density at radius 2 is 2.11 bits per heavy atom. The molecule has 0 aliphatic rings. The van der Waals surface area contributed by atoms with Crippen molar-refractivity contribution < 1.29 is 8.42 Å². The number of nitrogens with one attached hydrogen (secondary N) is 1. The second-order valence-electron chi connectivity index (χ2n) is 4.19. The minimum Gasteiger partial charge on any atom is -0.396 e. The second-order valence-corrected chi connectivity index (χ2v) is 7.09. The minimum absolute atomic E-state index is 0.187. The molecule has 1 aromatic rings. The van der Waals surface area contributed by atoms with Gasteiger partial charge in [-0.15, -0.1) is 0 Å². The SMILES string of the molecule is CCC(CSC)Nc1cccc(S(C)(=O)=O)c1N. The van der Waals surface area contributed by atoms with Crippen molar-refractivity contribution in [1.29, 1.82) is 0 Å². The summed E-state index contributed by atoms with van der Waals surface area (Å²) in [5, 5.41) is 3.30. The van der Waals surface area contributed by atoms with E-state index in [9.17, 15) is 8.42 Å². The molecule has 18 heavy (non-hydrogen) atoms. The fourth-order valence-electron chi connectivity index (χ4n) is 1.68. The van der Waals surface area contributed by atoms with Crippen LogP contribution >= 0.6 is 11.8 Å². The zero-order valence-electron chi connectivity index (χ0n) is 10.9. The van der Waals surface area contributed by atoms with Crippen LogP contribution < -0.4 is 11.1 Å². The summed E-state index contributed by atoms with van der Waals surface area (Å²) >= 11 is 1.75. The molecule has 1 aromatic carbocycles. The Hall–Kier alpha value is -0.880. The molecule has 1 unspecified atom stereocenters. The van der Waals surface area contributed by atoms with Crippen molar-refractivity contribution in [1.82, 2.24) is 0 Å². The third-order valence-corrected chi connectivity index (χ3v) is 4.58. The Morgan fingerprint density at radius 1 is 1.44 bits per heavy atom. The van der Waals surface area contributed by atoms with Crippen molar-refractivity contribution in [2.75, 3.05) is 29.3 Å². The van der Waals surface area contributed by atoms with E-state index in [2.05, 4.69) is 12.2 Å². The molecule has 0 heterocycles. The molecule has 1 atom stereocenters. The molecule has 0 aliphatic heterocycles. The first-order chi connectivity index (χ1) is 8.40. The first-order valence-corrected chi connectivity index (χ1v) is 9.02. The van der Waals surface area contributed by atoms with Gasteiger partial charge in [-0.1, -0.05) is 13.0 Å². The largest absolute Gasteiger partial charge is 0.396 e. The van der Waals surface area contributed by atoms with Gasteiger partial charge in [-0.05, 0) is 24.8 Å². The summed E-state index contributed by atoms with van der Waals surface area (Å²) in [6.07, 6.45) is 4.17. The van der Waals surface area contributed by atoms with E-state index in [1.54, 1.807) is 17.8 Å². The number of para-hydroxylation sites is 1. The monoisotopic (exact) mass is 288 g/mol. The maximum atomic E-state index is 11.6. The lowest BCUT2D eigenvalue weighted by Gasteiger charge is -2.19. The summed E-state index contributed by atoms with van der Waals surface area (Å²) in [4.78, 5) is 0.187. The van der Waals surface area contributed by atoms with Crippen LogP contribution in [-0.2, 0) is 9.84 Å². The van der Waals surface area contributed by atoms with Gasteiger partial charge in [-0.2, -0.15) is 11.8 Å². The van der Waals surface area contributed by atoms with E-state index in [0.29, 0.717) is 11.4 Å². The number of thioether (sulfide) groups is 1. The minimum atomic E-state index is -3.28. The molecule has 102 valence electrons. The van der Waals surface area contributed by atoms with E-state index in [-0.39, 0.29) is 10.9 Å². The first-order valence-electron chi connectivity index (χ1n) is 5.74. The molecule has 0 radical (unpaired) electrons. The summed E-state index contributed by atoms with van der Waals surface area (Å²) in [6, 6.07) is 5.34. The number of anilines is 2. The molecule has 6 heteroatoms. The first kappa shape index (κ1) is 15.2. The van der Waals surface area contributed by atoms with E-state index in [4.69, 9.17) is 5.73 Å². The number of hydrogen-bond donors (Lipinski definition) is 2. The molecule has 1 rings (SSSR count). The van der Waals surface area contributed by atoms with E-state index < -0.39 is 9.84 Å². The maximum absolute atomic E-state index is 11.6. The molecule has 3 N–H and O–H groups in total. The van der Waals surface area contributed by atoms with Gasteiger partial charge in [0.25, 0.3) is 0 Å². The number of benzene rings is 1. The van der Waals surface area contributed by atoms with Crippen LogP contribution in [0.2, 0.25) is 0 Å². The van der Waals surface area contributed by atoms with Crippen LogP contribution in [0.4, 0.5) is 11.4 Å². The van der Waals surface area contributed by atoms with Gasteiger partial charge in [0.15, 0.2) is 9.84 Å². The normalized spacial score (nSPS) is 13.3. The average Bonchev–Trinajstić information content (AvgIpc) is 2.29. The van der Waals surface area contributed by atoms with Gasteiger partial charge in [0.05, 0.1) is 16.3 Å². The lowest BCUT2D eigenvalue weighted by atomic mass is 10.2. The van der Waals surface area contributed by atoms with E-state index >= 15 is 0 Å². The van der Waals surface area contributed by atoms with E-state index in [1.165, 1.54) is 12.3 Å². The molecule has 4 nitrogen and oxygen atoms in total. The topological polar surface area (TPSA) is 72.2 Å². The average molecular weight is 288 g/mol. The summed E-state index contributed by atoms with van der Waals surface area (Å²) in [5.74, 6) is 0.957. The predicted molar refractivity (Wildman–Crippen MR) is 80.0 cm³/mol. The smallest absolute Gasteiger partial charge is 0.177 e. The highest BCUT2D eigenvalue weighted by Crippen LogP contribution is 2.27. The number of rotatable bonds is 6. The summed E-state index contributed by atoms with van der Waals surface area (Å²) in [5.41, 5.74) is 6.92. The van der Waals surface area contributed by atoms with Crippen molar-refractivity contribution in [2.24, 2.45) is 0 Å². The van der Waals surface area contributed by atoms with Gasteiger partial charge in [-0.3, -0.25) is 0 Å². The molecule has 0 aliphatic carbocycles. The Bertz CT molecular complexity index is 501. The fraction of sp³-hybridized carbons (Fsp3) is 0.500. The van der Waals surface area contributed by atoms with Crippen molar-refractivity contribution >= 4 is 33.0 Å². The van der Waals surface area contributed by atoms with Gasteiger partial charge in [-0.25, -0.2) is 8.42 Å². The zero-order chi connectivity index (χ0) is 13.8. The van der Waals surface area contributed by atoms with Gasteiger partial charge in [0.1, 0.15) is 0 Å². The highest BCUT2D eigenvalue weighted by molar-refractivity contribution is 7.98. The van der Waals surface area contributed by atoms with Crippen LogP contribution in [0.5, 0.6) is 0 Å². The van der Waals surface area contributed by atoms with Crippen LogP contribution in [0.15, 0.2) is 23.1 Å². The van der Waals surface area contributed by atoms with Gasteiger partial charge < -0.3 is 11.1 Å². The number of sulfone groups is 1. The van der Waals surface area contributed by atoms with E-state index in [0.717, 1.165) is 12.2 Å². The molecular formula is C12H20N2O2S2. The molecule has 0 amide bonds. The van der Waals surface area contributed by atoms with Crippen LogP contribution in [0, 0.1) is 0 Å². The standard InChI is InChI=1S/C12H20N2O2S2/c1-4-9(8-17-2)14-10-6-5-7-11(12(10)13)18(3,15)16/h5-7,9,14H,4,8,13H2,1-3H3. The third kappa shape index (κ3) is 3.81. The van der Waals surface area contributed by atoms with Gasteiger partial charge >= 0.3 is 0 Å². The molecule has 0 saturated carbocycles. The summed E-state index contributed by atoms with van der Waals surface area (Å²) in [7, 11) is -3.28. The molecule has 0 fully saturated rings. The number of nitrogens with two attached hydrogens (primary N) is 1. The highest BCUT2D eigenvalue weighted by atomic mass is 32.2. The molecular weight excluding hydrogens is 268 g/mol. The van der Waals surface area contributed by atoms with Gasteiger partial charge in [0, 0.05) is 18.1 Å². The Balaban J connectivity index is 3.04. The maximum Gasteiger partial charge on any atom is 0.177 e. The van der Waals surface area contributed by atoms with Crippen molar-refractivity contribution in [2.45, 2.75) is 24.3 Å². The van der Waals surface area contributed by atoms with Crippen LogP contribution in [-0.4, -0.2) is 32.7 Å². The van der Waals surface area contributed by atoms with Crippen LogP contribution in [0.1, 0.15) is 13.3 Å². The molecule has 0 bridgehead atoms. The highest BCUT2D eigenvalue weighted by Gasteiger charge is 2.15. The van der Waals surface area contributed by atoms with Gasteiger partial charge in [0.2, 0.25) is 0 Å². The van der Waals surface area contributed by atoms with Crippen molar-refractivity contribution in [3.8, 4) is 0 Å². The lowest BCUT2D eigenvalue weighted by molar-refractivity contribution is 0.602. The third-order valence-electron chi connectivity index (χ3n) is 2.69.